The molecular weight excluding hydrogens is 511 g/mol. The SMILES string of the molecule is CN=C(NCCCCN1CCN(Cc2ccccc2)CC1)NC1CCN(C(C)C)CC1.I. The molecule has 7 heteroatoms. The first-order chi connectivity index (χ1) is 15.1. The number of hydrogen-bond acceptors (Lipinski definition) is 4. The lowest BCUT2D eigenvalue weighted by molar-refractivity contribution is 0.126. The molecule has 0 spiro atoms. The number of guanidine groups is 1. The van der Waals surface area contributed by atoms with Crippen LogP contribution in [0.5, 0.6) is 0 Å². The van der Waals surface area contributed by atoms with Gasteiger partial charge in [0.25, 0.3) is 0 Å². The van der Waals surface area contributed by atoms with Crippen LogP contribution >= 0.6 is 24.0 Å². The predicted molar refractivity (Wildman–Crippen MR) is 147 cm³/mol. The van der Waals surface area contributed by atoms with Gasteiger partial charge in [-0.3, -0.25) is 9.89 Å². The van der Waals surface area contributed by atoms with Gasteiger partial charge in [0.1, 0.15) is 0 Å². The number of nitrogens with one attached hydrogen (secondary N) is 2. The quantitative estimate of drug-likeness (QED) is 0.212. The van der Waals surface area contributed by atoms with Crippen molar-refractivity contribution in [1.29, 1.82) is 0 Å². The molecule has 0 aliphatic carbocycles. The molecule has 3 rings (SSSR count). The molecule has 0 atom stereocenters. The summed E-state index contributed by atoms with van der Waals surface area (Å²) < 4.78 is 0. The number of piperidine rings is 1. The summed E-state index contributed by atoms with van der Waals surface area (Å²) >= 11 is 0. The van der Waals surface area contributed by atoms with Gasteiger partial charge in [-0.2, -0.15) is 0 Å². The summed E-state index contributed by atoms with van der Waals surface area (Å²) in [5.41, 5.74) is 1.43. The number of hydrogen-bond donors (Lipinski definition) is 2. The summed E-state index contributed by atoms with van der Waals surface area (Å²) in [4.78, 5) is 12.2. The van der Waals surface area contributed by atoms with E-state index in [0.29, 0.717) is 12.1 Å². The third kappa shape index (κ3) is 9.53. The van der Waals surface area contributed by atoms with Crippen molar-refractivity contribution in [1.82, 2.24) is 25.3 Å². The summed E-state index contributed by atoms with van der Waals surface area (Å²) in [6.45, 7) is 15.0. The molecule has 2 aliphatic rings. The Kier molecular flexibility index (Phi) is 12.9. The van der Waals surface area contributed by atoms with Crippen molar-refractivity contribution in [3.05, 3.63) is 35.9 Å². The summed E-state index contributed by atoms with van der Waals surface area (Å²) in [5, 5.41) is 7.15. The molecule has 0 amide bonds. The zero-order valence-corrected chi connectivity index (χ0v) is 22.8. The first-order valence-electron chi connectivity index (χ1n) is 12.3. The van der Waals surface area contributed by atoms with Gasteiger partial charge in [0.05, 0.1) is 0 Å². The van der Waals surface area contributed by atoms with Crippen LogP contribution < -0.4 is 10.6 Å². The van der Waals surface area contributed by atoms with Crippen molar-refractivity contribution in [3.8, 4) is 0 Å². The molecule has 6 nitrogen and oxygen atoms in total. The topological polar surface area (TPSA) is 46.1 Å². The Morgan fingerprint density at radius 3 is 2.25 bits per heavy atom. The van der Waals surface area contributed by atoms with Crippen molar-refractivity contribution >= 4 is 29.9 Å². The Morgan fingerprint density at radius 1 is 0.969 bits per heavy atom. The molecule has 1 aromatic carbocycles. The molecule has 0 unspecified atom stereocenters. The molecule has 2 N–H and O–H groups in total. The number of aliphatic imine (C=N–C) groups is 1. The Hall–Kier alpha value is -0.900. The molecule has 0 radical (unpaired) electrons. The molecule has 0 saturated carbocycles. The maximum absolute atomic E-state index is 4.43. The highest BCUT2D eigenvalue weighted by Crippen LogP contribution is 2.13. The first-order valence-corrected chi connectivity index (χ1v) is 12.3. The fourth-order valence-electron chi connectivity index (χ4n) is 4.63. The fourth-order valence-corrected chi connectivity index (χ4v) is 4.63. The monoisotopic (exact) mass is 556 g/mol. The second kappa shape index (κ2) is 15.1. The van der Waals surface area contributed by atoms with Crippen molar-refractivity contribution in [2.75, 3.05) is 59.4 Å². The van der Waals surface area contributed by atoms with Gasteiger partial charge in [-0.25, -0.2) is 0 Å². The number of likely N-dealkylation sites (tertiary alicyclic amines) is 1. The van der Waals surface area contributed by atoms with Gasteiger partial charge < -0.3 is 20.4 Å². The molecule has 0 bridgehead atoms. The van der Waals surface area contributed by atoms with Crippen LogP contribution in [0.1, 0.15) is 45.1 Å². The van der Waals surface area contributed by atoms with Crippen molar-refractivity contribution in [3.63, 3.8) is 0 Å². The van der Waals surface area contributed by atoms with Gasteiger partial charge in [-0.05, 0) is 51.6 Å². The number of unbranched alkanes of at least 4 members (excludes halogenated alkanes) is 1. The number of nitrogens with zero attached hydrogens (tertiary/aromatic N) is 4. The van der Waals surface area contributed by atoms with Gasteiger partial charge >= 0.3 is 0 Å². The van der Waals surface area contributed by atoms with Crippen molar-refractivity contribution in [2.45, 2.75) is 58.2 Å². The Morgan fingerprint density at radius 2 is 1.62 bits per heavy atom. The third-order valence-electron chi connectivity index (χ3n) is 6.73. The summed E-state index contributed by atoms with van der Waals surface area (Å²) in [5.74, 6) is 0.970. The van der Waals surface area contributed by atoms with Gasteiger partial charge in [0, 0.05) is 71.5 Å². The van der Waals surface area contributed by atoms with E-state index in [-0.39, 0.29) is 24.0 Å². The Bertz CT molecular complexity index is 637. The molecular formula is C25H45IN6. The van der Waals surface area contributed by atoms with Gasteiger partial charge in [-0.15, -0.1) is 24.0 Å². The second-order valence-corrected chi connectivity index (χ2v) is 9.36. The number of piperazine rings is 1. The van der Waals surface area contributed by atoms with Crippen LogP contribution in [0.3, 0.4) is 0 Å². The van der Waals surface area contributed by atoms with E-state index in [1.54, 1.807) is 0 Å². The zero-order chi connectivity index (χ0) is 21.9. The maximum Gasteiger partial charge on any atom is 0.191 e. The highest BCUT2D eigenvalue weighted by atomic mass is 127. The van der Waals surface area contributed by atoms with E-state index in [1.807, 2.05) is 7.05 Å². The minimum absolute atomic E-state index is 0. The maximum atomic E-state index is 4.43. The second-order valence-electron chi connectivity index (χ2n) is 9.36. The van der Waals surface area contributed by atoms with Crippen LogP contribution in [0.15, 0.2) is 35.3 Å². The van der Waals surface area contributed by atoms with Crippen LogP contribution in [-0.2, 0) is 6.54 Å². The summed E-state index contributed by atoms with van der Waals surface area (Å²) in [7, 11) is 1.88. The number of rotatable bonds is 9. The molecule has 2 aliphatic heterocycles. The largest absolute Gasteiger partial charge is 0.356 e. The Balaban J connectivity index is 0.00000363. The lowest BCUT2D eigenvalue weighted by Crippen LogP contribution is -2.50. The molecule has 32 heavy (non-hydrogen) atoms. The van der Waals surface area contributed by atoms with E-state index >= 15 is 0 Å². The van der Waals surface area contributed by atoms with E-state index < -0.39 is 0 Å². The average Bonchev–Trinajstić information content (AvgIpc) is 2.80. The lowest BCUT2D eigenvalue weighted by Gasteiger charge is -2.35. The van der Waals surface area contributed by atoms with Gasteiger partial charge in [-0.1, -0.05) is 30.3 Å². The summed E-state index contributed by atoms with van der Waals surface area (Å²) in [6.07, 6.45) is 4.84. The van der Waals surface area contributed by atoms with Crippen LogP contribution in [0.25, 0.3) is 0 Å². The number of benzene rings is 1. The lowest BCUT2D eigenvalue weighted by atomic mass is 10.0. The van der Waals surface area contributed by atoms with Crippen molar-refractivity contribution < 1.29 is 0 Å². The number of halogens is 1. The van der Waals surface area contributed by atoms with Gasteiger partial charge in [0.15, 0.2) is 5.96 Å². The van der Waals surface area contributed by atoms with E-state index in [0.717, 1.165) is 19.0 Å². The van der Waals surface area contributed by atoms with E-state index in [4.69, 9.17) is 0 Å². The minimum atomic E-state index is 0. The highest BCUT2D eigenvalue weighted by Gasteiger charge is 2.21. The minimum Gasteiger partial charge on any atom is -0.356 e. The van der Waals surface area contributed by atoms with E-state index in [1.165, 1.54) is 77.1 Å². The molecule has 2 fully saturated rings. The molecule has 2 saturated heterocycles. The molecule has 1 aromatic rings. The highest BCUT2D eigenvalue weighted by molar-refractivity contribution is 14.0. The molecule has 182 valence electrons. The molecule has 2 heterocycles. The summed E-state index contributed by atoms with van der Waals surface area (Å²) in [6, 6.07) is 12.0. The van der Waals surface area contributed by atoms with Crippen LogP contribution in [0, 0.1) is 0 Å². The first kappa shape index (κ1) is 27.3. The van der Waals surface area contributed by atoms with Crippen molar-refractivity contribution in [2.24, 2.45) is 4.99 Å². The Labute approximate surface area is 213 Å². The van der Waals surface area contributed by atoms with E-state index in [9.17, 15) is 0 Å². The van der Waals surface area contributed by atoms with E-state index in [2.05, 4.69) is 74.5 Å². The zero-order valence-electron chi connectivity index (χ0n) is 20.4. The average molecular weight is 557 g/mol. The fraction of sp³-hybridized carbons (Fsp3) is 0.720. The third-order valence-corrected chi connectivity index (χ3v) is 6.73. The van der Waals surface area contributed by atoms with Crippen LogP contribution in [0.2, 0.25) is 0 Å². The van der Waals surface area contributed by atoms with Gasteiger partial charge in [0.2, 0.25) is 0 Å². The standard InChI is InChI=1S/C25H44N6.HI/c1-22(2)31-15-11-24(12-16-31)28-25(26-3)27-13-7-8-14-29-17-19-30(20-18-29)21-23-9-5-4-6-10-23;/h4-6,9-10,22,24H,7-8,11-21H2,1-3H3,(H2,26,27,28);1H. The van der Waals surface area contributed by atoms with Crippen LogP contribution in [-0.4, -0.2) is 92.1 Å². The molecule has 0 aromatic heterocycles. The predicted octanol–water partition coefficient (Wildman–Crippen LogP) is 3.24. The van der Waals surface area contributed by atoms with Crippen LogP contribution in [0.4, 0.5) is 0 Å². The normalized spacial score (nSPS) is 19.7. The smallest absolute Gasteiger partial charge is 0.191 e.